The predicted molar refractivity (Wildman–Crippen MR) is 70.3 cm³/mol. The number of benzene rings is 1. The van der Waals surface area contributed by atoms with Crippen LogP contribution in [0.25, 0.3) is 0 Å². The molecule has 0 radical (unpaired) electrons. The third-order valence-electron chi connectivity index (χ3n) is 2.44. The van der Waals surface area contributed by atoms with Crippen molar-refractivity contribution >= 4 is 17.4 Å². The highest BCUT2D eigenvalue weighted by atomic mass is 35.5. The molecule has 0 fully saturated rings. The van der Waals surface area contributed by atoms with Gasteiger partial charge in [0, 0.05) is 17.8 Å². The zero-order chi connectivity index (χ0) is 11.9. The lowest BCUT2D eigenvalue weighted by Crippen LogP contribution is -2.04. The molecule has 0 atom stereocenters. The van der Waals surface area contributed by atoms with E-state index in [1.807, 2.05) is 18.2 Å². The molecule has 0 amide bonds. The van der Waals surface area contributed by atoms with Crippen LogP contribution in [0.4, 0.5) is 5.82 Å². The molecule has 0 bridgehead atoms. The average Bonchev–Trinajstić information content (AvgIpc) is 2.38. The molecule has 1 heterocycles. The standard InChI is InChI=1S/C13H14ClN3/c14-12-5-3-11(4-6-12)2-1-8-16-13-7-9-15-10-17-13/h3-7,9-10H,1-2,8H2,(H,15,16,17). The minimum Gasteiger partial charge on any atom is -0.370 e. The van der Waals surface area contributed by atoms with Gasteiger partial charge in [-0.1, -0.05) is 23.7 Å². The molecule has 0 aliphatic rings. The summed E-state index contributed by atoms with van der Waals surface area (Å²) in [6.45, 7) is 0.902. The maximum Gasteiger partial charge on any atom is 0.129 e. The van der Waals surface area contributed by atoms with Gasteiger partial charge >= 0.3 is 0 Å². The lowest BCUT2D eigenvalue weighted by Gasteiger charge is -2.05. The van der Waals surface area contributed by atoms with Crippen molar-refractivity contribution in [3.8, 4) is 0 Å². The summed E-state index contributed by atoms with van der Waals surface area (Å²) in [5.41, 5.74) is 1.30. The van der Waals surface area contributed by atoms with Gasteiger partial charge < -0.3 is 5.32 Å². The van der Waals surface area contributed by atoms with Crippen LogP contribution in [0.15, 0.2) is 42.9 Å². The summed E-state index contributed by atoms with van der Waals surface area (Å²) in [7, 11) is 0. The van der Waals surface area contributed by atoms with E-state index in [-0.39, 0.29) is 0 Å². The Bertz CT molecular complexity index is 442. The van der Waals surface area contributed by atoms with E-state index in [9.17, 15) is 0 Å². The molecule has 1 aromatic carbocycles. The molecule has 0 aliphatic heterocycles. The molecule has 2 aromatic rings. The van der Waals surface area contributed by atoms with Gasteiger partial charge in [-0.15, -0.1) is 0 Å². The molecule has 0 spiro atoms. The van der Waals surface area contributed by atoms with Crippen LogP contribution < -0.4 is 5.32 Å². The van der Waals surface area contributed by atoms with Gasteiger partial charge in [-0.25, -0.2) is 9.97 Å². The van der Waals surface area contributed by atoms with Crippen molar-refractivity contribution in [2.75, 3.05) is 11.9 Å². The third kappa shape index (κ3) is 4.04. The zero-order valence-electron chi connectivity index (χ0n) is 9.44. The SMILES string of the molecule is Clc1ccc(CCCNc2ccncn2)cc1. The molecule has 17 heavy (non-hydrogen) atoms. The Morgan fingerprint density at radius 3 is 2.65 bits per heavy atom. The van der Waals surface area contributed by atoms with E-state index in [2.05, 4.69) is 27.4 Å². The number of aromatic nitrogens is 2. The molecule has 4 heteroatoms. The van der Waals surface area contributed by atoms with Crippen molar-refractivity contribution in [1.82, 2.24) is 9.97 Å². The molecule has 0 unspecified atom stereocenters. The van der Waals surface area contributed by atoms with Crippen LogP contribution >= 0.6 is 11.6 Å². The van der Waals surface area contributed by atoms with Crippen LogP contribution in [0.3, 0.4) is 0 Å². The maximum atomic E-state index is 5.83. The minimum atomic E-state index is 0.785. The number of hydrogen-bond acceptors (Lipinski definition) is 3. The van der Waals surface area contributed by atoms with Crippen molar-refractivity contribution in [3.05, 3.63) is 53.4 Å². The first-order chi connectivity index (χ1) is 8.34. The summed E-state index contributed by atoms with van der Waals surface area (Å²) >= 11 is 5.83. The zero-order valence-corrected chi connectivity index (χ0v) is 10.2. The van der Waals surface area contributed by atoms with Crippen LogP contribution in [0.2, 0.25) is 5.02 Å². The smallest absolute Gasteiger partial charge is 0.129 e. The van der Waals surface area contributed by atoms with Gasteiger partial charge in [0.1, 0.15) is 12.1 Å². The Morgan fingerprint density at radius 2 is 1.94 bits per heavy atom. The molecule has 0 saturated carbocycles. The summed E-state index contributed by atoms with van der Waals surface area (Å²) < 4.78 is 0. The molecule has 88 valence electrons. The second-order valence-corrected chi connectivity index (χ2v) is 4.19. The first kappa shape index (κ1) is 11.9. The lowest BCUT2D eigenvalue weighted by molar-refractivity contribution is 0.858. The number of nitrogens with one attached hydrogen (secondary N) is 1. The fourth-order valence-corrected chi connectivity index (χ4v) is 1.68. The van der Waals surface area contributed by atoms with Crippen LogP contribution in [-0.4, -0.2) is 16.5 Å². The Balaban J connectivity index is 1.71. The average molecular weight is 248 g/mol. The van der Waals surface area contributed by atoms with Crippen molar-refractivity contribution in [2.24, 2.45) is 0 Å². The summed E-state index contributed by atoms with van der Waals surface area (Å²) in [5, 5.41) is 4.03. The number of rotatable bonds is 5. The summed E-state index contributed by atoms with van der Waals surface area (Å²) in [5.74, 6) is 0.871. The first-order valence-electron chi connectivity index (χ1n) is 5.59. The van der Waals surface area contributed by atoms with E-state index in [1.165, 1.54) is 5.56 Å². The van der Waals surface area contributed by atoms with Gasteiger partial charge in [-0.2, -0.15) is 0 Å². The summed E-state index contributed by atoms with van der Waals surface area (Å²) in [6.07, 6.45) is 5.37. The first-order valence-corrected chi connectivity index (χ1v) is 5.97. The van der Waals surface area contributed by atoms with Crippen LogP contribution in [-0.2, 0) is 6.42 Å². The third-order valence-corrected chi connectivity index (χ3v) is 2.70. The Hall–Kier alpha value is -1.61. The van der Waals surface area contributed by atoms with Gasteiger partial charge in [-0.3, -0.25) is 0 Å². The van der Waals surface area contributed by atoms with Gasteiger partial charge in [0.05, 0.1) is 0 Å². The normalized spacial score (nSPS) is 10.2. The second-order valence-electron chi connectivity index (χ2n) is 3.75. The van der Waals surface area contributed by atoms with Gasteiger partial charge in [0.15, 0.2) is 0 Å². The van der Waals surface area contributed by atoms with Crippen LogP contribution in [0.5, 0.6) is 0 Å². The molecule has 0 saturated heterocycles. The van der Waals surface area contributed by atoms with Crippen LogP contribution in [0.1, 0.15) is 12.0 Å². The van der Waals surface area contributed by atoms with E-state index < -0.39 is 0 Å². The van der Waals surface area contributed by atoms with E-state index in [1.54, 1.807) is 12.5 Å². The summed E-state index contributed by atoms with van der Waals surface area (Å²) in [4.78, 5) is 7.96. The molecule has 1 aromatic heterocycles. The number of nitrogens with zero attached hydrogens (tertiary/aromatic N) is 2. The van der Waals surface area contributed by atoms with Crippen molar-refractivity contribution < 1.29 is 0 Å². The summed E-state index contributed by atoms with van der Waals surface area (Å²) in [6, 6.07) is 9.84. The van der Waals surface area contributed by atoms with Crippen molar-refractivity contribution in [2.45, 2.75) is 12.8 Å². The minimum absolute atomic E-state index is 0.785. The Kier molecular flexibility index (Phi) is 4.33. The number of hydrogen-bond donors (Lipinski definition) is 1. The van der Waals surface area contributed by atoms with Gasteiger partial charge in [0.2, 0.25) is 0 Å². The molecule has 2 rings (SSSR count). The van der Waals surface area contributed by atoms with Gasteiger partial charge in [0.25, 0.3) is 0 Å². The van der Waals surface area contributed by atoms with E-state index in [0.717, 1.165) is 30.2 Å². The van der Waals surface area contributed by atoms with E-state index in [4.69, 9.17) is 11.6 Å². The van der Waals surface area contributed by atoms with E-state index >= 15 is 0 Å². The Morgan fingerprint density at radius 1 is 1.12 bits per heavy atom. The molecule has 1 N–H and O–H groups in total. The van der Waals surface area contributed by atoms with Crippen molar-refractivity contribution in [3.63, 3.8) is 0 Å². The lowest BCUT2D eigenvalue weighted by atomic mass is 10.1. The molecular formula is C13H14ClN3. The van der Waals surface area contributed by atoms with Crippen LogP contribution in [0, 0.1) is 0 Å². The molecular weight excluding hydrogens is 234 g/mol. The molecule has 0 aliphatic carbocycles. The topological polar surface area (TPSA) is 37.8 Å². The van der Waals surface area contributed by atoms with Gasteiger partial charge in [-0.05, 0) is 36.6 Å². The quantitative estimate of drug-likeness (QED) is 0.825. The fraction of sp³-hybridized carbons (Fsp3) is 0.231. The Labute approximate surface area is 106 Å². The fourth-order valence-electron chi connectivity index (χ4n) is 1.56. The number of anilines is 1. The largest absolute Gasteiger partial charge is 0.370 e. The predicted octanol–water partition coefficient (Wildman–Crippen LogP) is 3.17. The maximum absolute atomic E-state index is 5.83. The van der Waals surface area contributed by atoms with E-state index in [0.29, 0.717) is 0 Å². The second kappa shape index (κ2) is 6.21. The highest BCUT2D eigenvalue weighted by Crippen LogP contribution is 2.11. The monoisotopic (exact) mass is 247 g/mol. The molecule has 3 nitrogen and oxygen atoms in total. The number of halogens is 1. The number of aryl methyl sites for hydroxylation is 1. The highest BCUT2D eigenvalue weighted by molar-refractivity contribution is 6.30. The van der Waals surface area contributed by atoms with Crippen molar-refractivity contribution in [1.29, 1.82) is 0 Å². The highest BCUT2D eigenvalue weighted by Gasteiger charge is 1.95.